The van der Waals surface area contributed by atoms with Gasteiger partial charge in [-0.15, -0.1) is 0 Å². The number of hydrogen-bond donors (Lipinski definition) is 1. The van der Waals surface area contributed by atoms with E-state index in [1.807, 2.05) is 0 Å². The average molecular weight is 263 g/mol. The lowest BCUT2D eigenvalue weighted by Gasteiger charge is -2.11. The van der Waals surface area contributed by atoms with E-state index in [9.17, 15) is 8.42 Å². The molecule has 1 rings (SSSR count). The third kappa shape index (κ3) is 7.01. The number of hydrogen-bond acceptors (Lipinski definition) is 4. The van der Waals surface area contributed by atoms with Crippen molar-refractivity contribution in [2.75, 3.05) is 31.2 Å². The van der Waals surface area contributed by atoms with Crippen LogP contribution < -0.4 is 5.32 Å². The lowest BCUT2D eigenvalue weighted by atomic mass is 10.1. The summed E-state index contributed by atoms with van der Waals surface area (Å²) in [7, 11) is -2.95. The summed E-state index contributed by atoms with van der Waals surface area (Å²) in [4.78, 5) is 0. The van der Waals surface area contributed by atoms with Crippen molar-refractivity contribution >= 4 is 9.84 Å². The molecule has 0 aromatic carbocycles. The van der Waals surface area contributed by atoms with Crippen LogP contribution in [0, 0.1) is 5.92 Å². The van der Waals surface area contributed by atoms with E-state index in [2.05, 4.69) is 19.2 Å². The lowest BCUT2D eigenvalue weighted by Crippen LogP contribution is -2.29. The van der Waals surface area contributed by atoms with Gasteiger partial charge in [0, 0.05) is 13.2 Å². The average Bonchev–Trinajstić information content (AvgIpc) is 2.68. The molecular weight excluding hydrogens is 238 g/mol. The largest absolute Gasteiger partial charge is 0.377 e. The summed E-state index contributed by atoms with van der Waals surface area (Å²) < 4.78 is 28.9. The van der Waals surface area contributed by atoms with Crippen LogP contribution in [-0.2, 0) is 14.6 Å². The van der Waals surface area contributed by atoms with Gasteiger partial charge in [0.2, 0.25) is 0 Å². The minimum absolute atomic E-state index is 0.0596. The van der Waals surface area contributed by atoms with Crippen molar-refractivity contribution < 1.29 is 13.2 Å². The molecule has 0 aliphatic carbocycles. The summed E-state index contributed by atoms with van der Waals surface area (Å²) >= 11 is 0. The summed E-state index contributed by atoms with van der Waals surface area (Å²) in [6.45, 7) is 6.49. The monoisotopic (exact) mass is 263 g/mol. The van der Waals surface area contributed by atoms with E-state index >= 15 is 0 Å². The molecule has 1 heterocycles. The van der Waals surface area contributed by atoms with Gasteiger partial charge in [0.15, 0.2) is 9.84 Å². The Morgan fingerprint density at radius 1 is 1.35 bits per heavy atom. The lowest BCUT2D eigenvalue weighted by molar-refractivity contribution is 0.127. The van der Waals surface area contributed by atoms with Crippen molar-refractivity contribution in [1.29, 1.82) is 0 Å². The quantitative estimate of drug-likeness (QED) is 0.669. The van der Waals surface area contributed by atoms with Gasteiger partial charge in [-0.1, -0.05) is 13.8 Å². The fourth-order valence-electron chi connectivity index (χ4n) is 1.89. The van der Waals surface area contributed by atoms with E-state index < -0.39 is 9.84 Å². The van der Waals surface area contributed by atoms with Crippen LogP contribution in [0.1, 0.15) is 33.1 Å². The number of rotatable bonds is 8. The van der Waals surface area contributed by atoms with E-state index in [1.54, 1.807) is 0 Å². The summed E-state index contributed by atoms with van der Waals surface area (Å²) in [5.41, 5.74) is 0. The van der Waals surface area contributed by atoms with Crippen LogP contribution in [0.15, 0.2) is 0 Å². The van der Waals surface area contributed by atoms with Crippen molar-refractivity contribution in [3.63, 3.8) is 0 Å². The van der Waals surface area contributed by atoms with E-state index in [-0.39, 0.29) is 17.6 Å². The van der Waals surface area contributed by atoms with Gasteiger partial charge in [-0.05, 0) is 31.7 Å². The Morgan fingerprint density at radius 3 is 2.71 bits per heavy atom. The van der Waals surface area contributed by atoms with Crippen molar-refractivity contribution in [3.05, 3.63) is 0 Å². The standard InChI is InChI=1S/C12H25NO3S/c1-11(2)5-6-13-7-9-17(14,15)10-12-4-3-8-16-12/h11-13H,3-10H2,1-2H3. The zero-order valence-corrected chi connectivity index (χ0v) is 11.8. The van der Waals surface area contributed by atoms with Crippen LogP contribution >= 0.6 is 0 Å². The smallest absolute Gasteiger partial charge is 0.154 e. The van der Waals surface area contributed by atoms with Crippen LogP contribution in [-0.4, -0.2) is 45.7 Å². The Hall–Kier alpha value is -0.130. The molecule has 1 unspecified atom stereocenters. The highest BCUT2D eigenvalue weighted by Gasteiger charge is 2.22. The van der Waals surface area contributed by atoms with Crippen molar-refractivity contribution in [3.8, 4) is 0 Å². The molecule has 1 N–H and O–H groups in total. The minimum Gasteiger partial charge on any atom is -0.377 e. The third-order valence-corrected chi connectivity index (χ3v) is 4.66. The molecule has 0 saturated carbocycles. The molecule has 0 bridgehead atoms. The normalized spacial score (nSPS) is 21.2. The van der Waals surface area contributed by atoms with E-state index in [4.69, 9.17) is 4.74 Å². The van der Waals surface area contributed by atoms with Gasteiger partial charge in [-0.25, -0.2) is 8.42 Å². The first kappa shape index (κ1) is 14.9. The second-order valence-corrected chi connectivity index (χ2v) is 7.41. The van der Waals surface area contributed by atoms with Gasteiger partial charge in [0.25, 0.3) is 0 Å². The molecule has 0 amide bonds. The van der Waals surface area contributed by atoms with Crippen LogP contribution in [0.2, 0.25) is 0 Å². The van der Waals surface area contributed by atoms with Crippen molar-refractivity contribution in [2.24, 2.45) is 5.92 Å². The third-order valence-electron chi connectivity index (χ3n) is 2.95. The highest BCUT2D eigenvalue weighted by molar-refractivity contribution is 7.91. The molecule has 5 heteroatoms. The summed E-state index contributed by atoms with van der Waals surface area (Å²) in [5, 5.41) is 3.18. The first-order chi connectivity index (χ1) is 7.99. The van der Waals surface area contributed by atoms with Gasteiger partial charge in [0.1, 0.15) is 0 Å². The number of ether oxygens (including phenoxy) is 1. The summed E-state index contributed by atoms with van der Waals surface area (Å²) in [5.74, 6) is 1.08. The summed E-state index contributed by atoms with van der Waals surface area (Å²) in [6, 6.07) is 0. The van der Waals surface area contributed by atoms with E-state index in [1.165, 1.54) is 0 Å². The van der Waals surface area contributed by atoms with Gasteiger partial charge < -0.3 is 10.1 Å². The fourth-order valence-corrected chi connectivity index (χ4v) is 3.34. The Kier molecular flexibility index (Phi) is 6.44. The predicted molar refractivity (Wildman–Crippen MR) is 70.0 cm³/mol. The van der Waals surface area contributed by atoms with Crippen LogP contribution in [0.5, 0.6) is 0 Å². The van der Waals surface area contributed by atoms with Crippen molar-refractivity contribution in [1.82, 2.24) is 5.32 Å². The van der Waals surface area contributed by atoms with Crippen LogP contribution in [0.25, 0.3) is 0 Å². The Labute approximate surface area is 105 Å². The fraction of sp³-hybridized carbons (Fsp3) is 1.00. The molecule has 4 nitrogen and oxygen atoms in total. The second kappa shape index (κ2) is 7.34. The SMILES string of the molecule is CC(C)CCNCCS(=O)(=O)CC1CCCO1. The molecule has 0 aromatic heterocycles. The van der Waals surface area contributed by atoms with Gasteiger partial charge in [-0.2, -0.15) is 0 Å². The Morgan fingerprint density at radius 2 is 2.12 bits per heavy atom. The van der Waals surface area contributed by atoms with Crippen molar-refractivity contribution in [2.45, 2.75) is 39.2 Å². The number of nitrogens with one attached hydrogen (secondary N) is 1. The minimum atomic E-state index is -2.95. The second-order valence-electron chi connectivity index (χ2n) is 5.18. The molecule has 1 saturated heterocycles. The number of sulfone groups is 1. The molecule has 0 spiro atoms. The molecule has 0 aromatic rings. The zero-order valence-electron chi connectivity index (χ0n) is 10.9. The zero-order chi connectivity index (χ0) is 12.7. The van der Waals surface area contributed by atoms with E-state index in [0.29, 0.717) is 19.1 Å². The maximum absolute atomic E-state index is 11.8. The Balaban J connectivity index is 2.11. The maximum Gasteiger partial charge on any atom is 0.154 e. The van der Waals surface area contributed by atoms with Crippen LogP contribution in [0.3, 0.4) is 0 Å². The van der Waals surface area contributed by atoms with Gasteiger partial charge >= 0.3 is 0 Å². The first-order valence-electron chi connectivity index (χ1n) is 6.52. The molecular formula is C12H25NO3S. The van der Waals surface area contributed by atoms with Crippen LogP contribution in [0.4, 0.5) is 0 Å². The van der Waals surface area contributed by atoms with E-state index in [0.717, 1.165) is 25.8 Å². The predicted octanol–water partition coefficient (Wildman–Crippen LogP) is 1.22. The Bertz CT molecular complexity index is 295. The molecule has 1 aliphatic rings. The molecule has 1 aliphatic heterocycles. The molecule has 0 radical (unpaired) electrons. The van der Waals surface area contributed by atoms with Gasteiger partial charge in [-0.3, -0.25) is 0 Å². The molecule has 102 valence electrons. The highest BCUT2D eigenvalue weighted by atomic mass is 32.2. The van der Waals surface area contributed by atoms with Gasteiger partial charge in [0.05, 0.1) is 17.6 Å². The molecule has 1 atom stereocenters. The molecule has 17 heavy (non-hydrogen) atoms. The topological polar surface area (TPSA) is 55.4 Å². The molecule has 1 fully saturated rings. The first-order valence-corrected chi connectivity index (χ1v) is 8.34. The maximum atomic E-state index is 11.8. The summed E-state index contributed by atoms with van der Waals surface area (Å²) in [6.07, 6.45) is 2.91. The highest BCUT2D eigenvalue weighted by Crippen LogP contribution is 2.14.